The molecular weight excluding hydrogens is 467 g/mol. The third kappa shape index (κ3) is 6.03. The van der Waals surface area contributed by atoms with E-state index in [-0.39, 0.29) is 18.6 Å². The third-order valence-electron chi connectivity index (χ3n) is 5.86. The summed E-state index contributed by atoms with van der Waals surface area (Å²) in [6.07, 6.45) is -1.68. The predicted molar refractivity (Wildman–Crippen MR) is 119 cm³/mol. The van der Waals surface area contributed by atoms with Crippen molar-refractivity contribution in [3.05, 3.63) is 54.4 Å². The molecule has 35 heavy (non-hydrogen) atoms. The smallest absolute Gasteiger partial charge is 0.485 e. The molecule has 2 aromatic carbocycles. The molecular formula is C24H24F3N3O5. The number of hydrogen-bond acceptors (Lipinski definition) is 5. The Morgan fingerprint density at radius 2 is 1.74 bits per heavy atom. The summed E-state index contributed by atoms with van der Waals surface area (Å²) in [7, 11) is 0. The molecule has 0 radical (unpaired) electrons. The molecule has 1 aliphatic carbocycles. The first-order chi connectivity index (χ1) is 16.7. The number of aliphatic carboxylic acids is 1. The Bertz CT molecular complexity index is 1160. The van der Waals surface area contributed by atoms with Gasteiger partial charge in [0.25, 0.3) is 5.91 Å². The molecule has 1 aliphatic heterocycles. The van der Waals surface area contributed by atoms with Crippen LogP contribution < -0.4 is 14.8 Å². The largest absolute Gasteiger partial charge is 0.490 e. The van der Waals surface area contributed by atoms with Crippen molar-refractivity contribution in [3.63, 3.8) is 0 Å². The first-order valence-corrected chi connectivity index (χ1v) is 11.1. The number of alkyl halides is 3. The maximum atomic E-state index is 12.7. The monoisotopic (exact) mass is 491 g/mol. The number of carbonyl (C=O) groups excluding carboxylic acids is 1. The van der Waals surface area contributed by atoms with E-state index in [1.807, 2.05) is 48.5 Å². The summed E-state index contributed by atoms with van der Waals surface area (Å²) in [5, 5.41) is 10.3. The quantitative estimate of drug-likeness (QED) is 0.507. The second-order valence-electron chi connectivity index (χ2n) is 8.38. The van der Waals surface area contributed by atoms with Gasteiger partial charge in [0, 0.05) is 12.0 Å². The molecule has 0 spiro atoms. The number of hydrogen-bond donors (Lipinski definition) is 3. The molecule has 186 valence electrons. The molecule has 5 rings (SSSR count). The Morgan fingerprint density at radius 1 is 1.06 bits per heavy atom. The fourth-order valence-corrected chi connectivity index (χ4v) is 4.18. The molecule has 0 unspecified atom stereocenters. The van der Waals surface area contributed by atoms with Crippen LogP contribution in [0.25, 0.3) is 11.0 Å². The summed E-state index contributed by atoms with van der Waals surface area (Å²) in [4.78, 5) is 29.8. The zero-order chi connectivity index (χ0) is 25.0. The van der Waals surface area contributed by atoms with E-state index >= 15 is 0 Å². The number of para-hydroxylation sites is 4. The number of carboxylic acids is 1. The van der Waals surface area contributed by atoms with Crippen molar-refractivity contribution in [1.29, 1.82) is 0 Å². The molecule has 11 heteroatoms. The number of halogens is 3. The maximum Gasteiger partial charge on any atom is 0.490 e. The minimum absolute atomic E-state index is 0.107. The highest BCUT2D eigenvalue weighted by molar-refractivity contribution is 5.82. The molecule has 2 heterocycles. The van der Waals surface area contributed by atoms with Gasteiger partial charge in [-0.2, -0.15) is 13.2 Å². The minimum Gasteiger partial charge on any atom is -0.485 e. The Morgan fingerprint density at radius 3 is 2.46 bits per heavy atom. The molecule has 0 bridgehead atoms. The average Bonchev–Trinajstić information content (AvgIpc) is 3.28. The van der Waals surface area contributed by atoms with Crippen LogP contribution in [0.5, 0.6) is 11.5 Å². The van der Waals surface area contributed by atoms with Crippen LogP contribution in [0, 0.1) is 0 Å². The molecule has 1 aromatic heterocycles. The van der Waals surface area contributed by atoms with Gasteiger partial charge in [0.1, 0.15) is 12.4 Å². The van der Waals surface area contributed by atoms with Crippen LogP contribution in [0.2, 0.25) is 0 Å². The van der Waals surface area contributed by atoms with E-state index in [4.69, 9.17) is 24.4 Å². The second-order valence-corrected chi connectivity index (χ2v) is 8.38. The lowest BCUT2D eigenvalue weighted by molar-refractivity contribution is -0.192. The van der Waals surface area contributed by atoms with Gasteiger partial charge in [-0.25, -0.2) is 9.78 Å². The molecule has 8 nitrogen and oxygen atoms in total. The summed E-state index contributed by atoms with van der Waals surface area (Å²) in [5.74, 6) is -0.203. The van der Waals surface area contributed by atoms with Gasteiger partial charge in [-0.3, -0.25) is 4.79 Å². The number of rotatable bonds is 3. The van der Waals surface area contributed by atoms with Gasteiger partial charge in [-0.15, -0.1) is 0 Å². The second kappa shape index (κ2) is 10.2. The van der Waals surface area contributed by atoms with Crippen LogP contribution >= 0.6 is 0 Å². The van der Waals surface area contributed by atoms with Crippen LogP contribution in [-0.2, 0) is 9.59 Å². The van der Waals surface area contributed by atoms with Gasteiger partial charge in [-0.05, 0) is 43.5 Å². The highest BCUT2D eigenvalue weighted by Gasteiger charge is 2.38. The summed E-state index contributed by atoms with van der Waals surface area (Å²) in [5.41, 5.74) is 2.06. The van der Waals surface area contributed by atoms with Crippen molar-refractivity contribution >= 4 is 22.9 Å². The molecule has 1 amide bonds. The lowest BCUT2D eigenvalue weighted by Crippen LogP contribution is -2.48. The van der Waals surface area contributed by atoms with Crippen LogP contribution in [0.1, 0.15) is 37.4 Å². The predicted octanol–water partition coefficient (Wildman–Crippen LogP) is 4.18. The van der Waals surface area contributed by atoms with Crippen molar-refractivity contribution < 1.29 is 37.3 Å². The van der Waals surface area contributed by atoms with Gasteiger partial charge in [0.05, 0.1) is 11.0 Å². The number of aromatic nitrogens is 2. The normalized spacial score (nSPS) is 21.5. The Labute approximate surface area is 198 Å². The van der Waals surface area contributed by atoms with Gasteiger partial charge >= 0.3 is 12.1 Å². The van der Waals surface area contributed by atoms with E-state index in [0.29, 0.717) is 17.4 Å². The molecule has 2 aliphatic rings. The number of fused-ring (bicyclic) bond motifs is 2. The van der Waals surface area contributed by atoms with Crippen molar-refractivity contribution in [3.8, 4) is 11.5 Å². The zero-order valence-corrected chi connectivity index (χ0v) is 18.5. The number of carboxylic acid groups (broad SMARTS) is 1. The molecule has 0 saturated heterocycles. The van der Waals surface area contributed by atoms with E-state index in [1.165, 1.54) is 0 Å². The minimum atomic E-state index is -5.08. The van der Waals surface area contributed by atoms with Crippen LogP contribution in [0.4, 0.5) is 13.2 Å². The number of ether oxygens (including phenoxy) is 2. The van der Waals surface area contributed by atoms with E-state index in [1.54, 1.807) is 0 Å². The van der Waals surface area contributed by atoms with Gasteiger partial charge in [0.15, 0.2) is 11.5 Å². The number of carbonyl (C=O) groups is 2. The van der Waals surface area contributed by atoms with Gasteiger partial charge in [0.2, 0.25) is 6.10 Å². The van der Waals surface area contributed by atoms with Crippen LogP contribution in [0.15, 0.2) is 48.5 Å². The van der Waals surface area contributed by atoms with Crippen molar-refractivity contribution in [2.24, 2.45) is 0 Å². The summed E-state index contributed by atoms with van der Waals surface area (Å²) in [6.45, 7) is 0.239. The Hall–Kier alpha value is -3.76. The first kappa shape index (κ1) is 24.4. The molecule has 3 aromatic rings. The number of H-pyrrole nitrogens is 1. The number of benzene rings is 2. The first-order valence-electron chi connectivity index (χ1n) is 11.1. The summed E-state index contributed by atoms with van der Waals surface area (Å²) >= 11 is 0. The molecule has 1 fully saturated rings. The maximum absolute atomic E-state index is 12.7. The molecule has 1 saturated carbocycles. The van der Waals surface area contributed by atoms with Crippen molar-refractivity contribution in [2.45, 2.75) is 49.9 Å². The van der Waals surface area contributed by atoms with Gasteiger partial charge in [-0.1, -0.05) is 30.7 Å². The topological polar surface area (TPSA) is 114 Å². The summed E-state index contributed by atoms with van der Waals surface area (Å²) in [6, 6.07) is 15.7. The summed E-state index contributed by atoms with van der Waals surface area (Å²) < 4.78 is 43.2. The number of aromatic amines is 1. The highest BCUT2D eigenvalue weighted by Crippen LogP contribution is 2.33. The van der Waals surface area contributed by atoms with E-state index < -0.39 is 18.2 Å². The number of imidazole rings is 1. The highest BCUT2D eigenvalue weighted by atomic mass is 19.4. The fourth-order valence-electron chi connectivity index (χ4n) is 4.18. The van der Waals surface area contributed by atoms with Crippen molar-refractivity contribution in [2.75, 3.05) is 6.61 Å². The van der Waals surface area contributed by atoms with Crippen LogP contribution in [-0.4, -0.2) is 51.9 Å². The van der Waals surface area contributed by atoms with Crippen LogP contribution in [0.3, 0.4) is 0 Å². The Balaban J connectivity index is 0.000000364. The number of nitrogens with one attached hydrogen (secondary N) is 2. The number of nitrogens with zero attached hydrogens (tertiary/aromatic N) is 1. The van der Waals surface area contributed by atoms with E-state index in [0.717, 1.165) is 42.5 Å². The SMILES string of the molecule is O=C(N[C@@H]1CCC[C@H](c2nc3ccccc3[nH]2)C1)[C@@H]1COc2ccccc2O1.O=C(O)C(F)(F)F. The lowest BCUT2D eigenvalue weighted by Gasteiger charge is -2.31. The van der Waals surface area contributed by atoms with Crippen molar-refractivity contribution in [1.82, 2.24) is 15.3 Å². The average molecular weight is 491 g/mol. The standard InChI is InChI=1S/C22H23N3O3.C2HF3O2/c26-22(20-13-27-18-10-3-4-11-19(18)28-20)23-15-7-5-6-14(12-15)21-24-16-8-1-2-9-17(16)25-21;3-2(4,5)1(6)7/h1-4,8-11,14-15,20H,5-7,12-13H2,(H,23,26)(H,24,25);(H,6,7)/t14-,15+,20-;/m0./s1. The van der Waals surface area contributed by atoms with E-state index in [9.17, 15) is 18.0 Å². The van der Waals surface area contributed by atoms with Gasteiger partial charge < -0.3 is 24.9 Å². The lowest BCUT2D eigenvalue weighted by atomic mass is 9.85. The Kier molecular flexibility index (Phi) is 7.13. The molecule has 3 N–H and O–H groups in total. The fraction of sp³-hybridized carbons (Fsp3) is 0.375. The van der Waals surface area contributed by atoms with E-state index in [2.05, 4.69) is 10.3 Å². The zero-order valence-electron chi connectivity index (χ0n) is 18.5. The molecule has 3 atom stereocenters. The number of amides is 1. The third-order valence-corrected chi connectivity index (χ3v) is 5.86.